The molecule has 0 aromatic rings. The van der Waals surface area contributed by atoms with Gasteiger partial charge in [0.25, 0.3) is 5.91 Å². The molecular formula is C9H16F3N3O4S. The first-order valence-corrected chi connectivity index (χ1v) is 7.24. The lowest BCUT2D eigenvalue weighted by molar-refractivity contribution is -0.933. The predicted molar refractivity (Wildman–Crippen MR) is 61.1 cm³/mol. The number of carbonyl (C=O) groups is 1. The van der Waals surface area contributed by atoms with Gasteiger partial charge in [-0.05, 0) is 0 Å². The molecule has 3 fully saturated rings. The number of nitrogens with zero attached hydrogens (tertiary/aromatic N) is 2. The number of amides is 1. The summed E-state index contributed by atoms with van der Waals surface area (Å²) >= 11 is 0. The Morgan fingerprint density at radius 2 is 1.55 bits per heavy atom. The smallest absolute Gasteiger partial charge is 0.485 e. The van der Waals surface area contributed by atoms with E-state index in [2.05, 4.69) is 4.90 Å². The molecule has 0 atom stereocenters. The number of hydrogen-bond donors (Lipinski definition) is 1. The van der Waals surface area contributed by atoms with Gasteiger partial charge in [-0.3, -0.25) is 9.69 Å². The molecule has 2 bridgehead atoms. The number of rotatable bonds is 2. The summed E-state index contributed by atoms with van der Waals surface area (Å²) < 4.78 is 59.9. The molecular weight excluding hydrogens is 303 g/mol. The number of hydrogen-bond acceptors (Lipinski definition) is 5. The van der Waals surface area contributed by atoms with Gasteiger partial charge in [0, 0.05) is 19.6 Å². The Hall–Kier alpha value is -0.910. The molecule has 3 aliphatic heterocycles. The first kappa shape index (κ1) is 17.1. The fraction of sp³-hybridized carbons (Fsp3) is 0.889. The monoisotopic (exact) mass is 319 g/mol. The largest absolute Gasteiger partial charge is 0.741 e. The van der Waals surface area contributed by atoms with E-state index in [1.165, 1.54) is 0 Å². The molecule has 2 N–H and O–H groups in total. The first-order chi connectivity index (χ1) is 8.95. The van der Waals surface area contributed by atoms with Crippen molar-refractivity contribution in [2.45, 2.75) is 5.51 Å². The number of carbonyl (C=O) groups excluding carboxylic acids is 1. The number of primary amides is 1. The van der Waals surface area contributed by atoms with Gasteiger partial charge in [0.1, 0.15) is 0 Å². The number of alkyl halides is 3. The van der Waals surface area contributed by atoms with Crippen LogP contribution >= 0.6 is 0 Å². The highest BCUT2D eigenvalue weighted by atomic mass is 32.2. The Balaban J connectivity index is 0.000000221. The van der Waals surface area contributed by atoms with Gasteiger partial charge in [0.15, 0.2) is 16.7 Å². The van der Waals surface area contributed by atoms with Crippen molar-refractivity contribution >= 4 is 16.0 Å². The van der Waals surface area contributed by atoms with E-state index in [1.807, 2.05) is 0 Å². The van der Waals surface area contributed by atoms with Gasteiger partial charge in [0.05, 0.1) is 19.6 Å². The Bertz CT molecular complexity index is 444. The zero-order valence-corrected chi connectivity index (χ0v) is 11.4. The third-order valence-corrected chi connectivity index (χ3v) is 4.01. The van der Waals surface area contributed by atoms with Crippen molar-refractivity contribution in [3.05, 3.63) is 0 Å². The maximum Gasteiger partial charge on any atom is 0.485 e. The van der Waals surface area contributed by atoms with E-state index < -0.39 is 15.6 Å². The van der Waals surface area contributed by atoms with Crippen LogP contribution in [0.25, 0.3) is 0 Å². The SMILES string of the molecule is NC(=O)C[N+]12CCN(CC1)CC2.O=S(=O)([O-])C(F)(F)F. The summed E-state index contributed by atoms with van der Waals surface area (Å²) in [5.74, 6) is -0.148. The van der Waals surface area contributed by atoms with Crippen LogP contribution in [0.15, 0.2) is 0 Å². The van der Waals surface area contributed by atoms with E-state index in [-0.39, 0.29) is 5.91 Å². The zero-order chi connectivity index (χ0) is 15.6. The lowest BCUT2D eigenvalue weighted by Gasteiger charge is -2.49. The molecule has 7 nitrogen and oxygen atoms in total. The molecule has 3 saturated heterocycles. The summed E-state index contributed by atoms with van der Waals surface area (Å²) in [6, 6.07) is 0. The topological polar surface area (TPSA) is 104 Å². The van der Waals surface area contributed by atoms with Crippen molar-refractivity contribution in [2.75, 3.05) is 45.8 Å². The van der Waals surface area contributed by atoms with Crippen LogP contribution in [0.1, 0.15) is 0 Å². The molecule has 3 aliphatic rings. The fourth-order valence-electron chi connectivity index (χ4n) is 2.30. The normalized spacial score (nSPS) is 29.5. The Morgan fingerprint density at radius 3 is 1.80 bits per heavy atom. The van der Waals surface area contributed by atoms with Gasteiger partial charge < -0.3 is 14.8 Å². The van der Waals surface area contributed by atoms with Gasteiger partial charge in [-0.25, -0.2) is 8.42 Å². The molecule has 3 heterocycles. The fourth-order valence-corrected chi connectivity index (χ4v) is 2.30. The Kier molecular flexibility index (Phi) is 5.00. The number of halogens is 3. The maximum absolute atomic E-state index is 10.8. The van der Waals surface area contributed by atoms with Gasteiger partial charge in [0.2, 0.25) is 0 Å². The summed E-state index contributed by atoms with van der Waals surface area (Å²) in [7, 11) is -6.09. The van der Waals surface area contributed by atoms with E-state index in [1.54, 1.807) is 0 Å². The summed E-state index contributed by atoms with van der Waals surface area (Å²) in [5, 5.41) is 0. The van der Waals surface area contributed by atoms with Crippen LogP contribution in [0.3, 0.4) is 0 Å². The summed E-state index contributed by atoms with van der Waals surface area (Å²) in [6.45, 7) is 7.33. The van der Waals surface area contributed by atoms with Gasteiger partial charge >= 0.3 is 5.51 Å². The second-order valence-corrected chi connectivity index (χ2v) is 6.25. The maximum atomic E-state index is 10.8. The molecule has 3 rings (SSSR count). The summed E-state index contributed by atoms with van der Waals surface area (Å²) in [4.78, 5) is 13.3. The molecule has 0 saturated carbocycles. The molecule has 0 spiro atoms. The molecule has 0 aromatic heterocycles. The van der Waals surface area contributed by atoms with Crippen LogP contribution in [0, 0.1) is 0 Å². The molecule has 118 valence electrons. The number of nitrogens with two attached hydrogens (primary N) is 1. The average Bonchev–Trinajstić information content (AvgIpc) is 2.27. The minimum absolute atomic E-state index is 0.148. The van der Waals surface area contributed by atoms with Crippen molar-refractivity contribution in [1.82, 2.24) is 4.90 Å². The van der Waals surface area contributed by atoms with Crippen LogP contribution in [-0.4, -0.2) is 79.6 Å². The predicted octanol–water partition coefficient (Wildman–Crippen LogP) is -1.33. The molecule has 0 unspecified atom stereocenters. The highest BCUT2D eigenvalue weighted by molar-refractivity contribution is 7.86. The molecule has 20 heavy (non-hydrogen) atoms. The molecule has 11 heteroatoms. The van der Waals surface area contributed by atoms with Gasteiger partial charge in [-0.15, -0.1) is 0 Å². The third-order valence-electron chi connectivity index (χ3n) is 3.45. The van der Waals surface area contributed by atoms with Crippen LogP contribution in [0.4, 0.5) is 13.2 Å². The standard InChI is InChI=1S/C8H15N3O.CHF3O3S/c9-8(12)7-11-4-1-10(2-5-11)3-6-11;2-1(3,4)8(5,6)7/h1-7H2,(H-,9,12);(H,5,6,7). The number of fused-ring (bicyclic) bond motifs is 3. The van der Waals surface area contributed by atoms with Crippen LogP contribution in [-0.2, 0) is 14.9 Å². The molecule has 1 amide bonds. The number of piperazine rings is 3. The van der Waals surface area contributed by atoms with E-state index in [9.17, 15) is 18.0 Å². The molecule has 0 radical (unpaired) electrons. The Morgan fingerprint density at radius 1 is 1.20 bits per heavy atom. The first-order valence-electron chi connectivity index (χ1n) is 5.83. The van der Waals surface area contributed by atoms with E-state index in [0.717, 1.165) is 43.8 Å². The van der Waals surface area contributed by atoms with Crippen molar-refractivity contribution in [3.8, 4) is 0 Å². The van der Waals surface area contributed by atoms with Gasteiger partial charge in [-0.2, -0.15) is 13.2 Å². The highest BCUT2D eigenvalue weighted by Crippen LogP contribution is 2.20. The quantitative estimate of drug-likeness (QED) is 0.386. The van der Waals surface area contributed by atoms with E-state index in [4.69, 9.17) is 18.7 Å². The zero-order valence-electron chi connectivity index (χ0n) is 10.6. The second-order valence-electron chi connectivity index (χ2n) is 4.88. The third kappa shape index (κ3) is 4.58. The van der Waals surface area contributed by atoms with Crippen molar-refractivity contribution < 1.29 is 35.4 Å². The molecule has 0 aromatic carbocycles. The minimum Gasteiger partial charge on any atom is -0.741 e. The van der Waals surface area contributed by atoms with E-state index in [0.29, 0.717) is 6.54 Å². The van der Waals surface area contributed by atoms with Crippen LogP contribution in [0.5, 0.6) is 0 Å². The molecule has 0 aliphatic carbocycles. The second kappa shape index (κ2) is 5.84. The van der Waals surface area contributed by atoms with Crippen molar-refractivity contribution in [2.24, 2.45) is 5.73 Å². The van der Waals surface area contributed by atoms with Crippen LogP contribution < -0.4 is 5.73 Å². The lowest BCUT2D eigenvalue weighted by Crippen LogP contribution is -2.68. The van der Waals surface area contributed by atoms with Crippen molar-refractivity contribution in [3.63, 3.8) is 0 Å². The lowest BCUT2D eigenvalue weighted by atomic mass is 10.1. The summed E-state index contributed by atoms with van der Waals surface area (Å²) in [6.07, 6.45) is 0. The minimum atomic E-state index is -6.09. The Labute approximate surface area is 114 Å². The van der Waals surface area contributed by atoms with Crippen molar-refractivity contribution in [1.29, 1.82) is 0 Å². The van der Waals surface area contributed by atoms with E-state index >= 15 is 0 Å². The van der Waals surface area contributed by atoms with Crippen LogP contribution in [0.2, 0.25) is 0 Å². The van der Waals surface area contributed by atoms with Gasteiger partial charge in [-0.1, -0.05) is 0 Å². The average molecular weight is 319 g/mol. The highest BCUT2D eigenvalue weighted by Gasteiger charge is 2.39. The number of quaternary nitrogens is 1. The summed E-state index contributed by atoms with van der Waals surface area (Å²) in [5.41, 5.74) is -0.413.